The molecule has 0 radical (unpaired) electrons. The zero-order valence-electron chi connectivity index (χ0n) is 10.2. The molecule has 17 heavy (non-hydrogen) atoms. The Balaban J connectivity index is 2.14. The van der Waals surface area contributed by atoms with Crippen LogP contribution in [0.15, 0.2) is 5.38 Å². The Kier molecular flexibility index (Phi) is 3.79. The maximum Gasteiger partial charge on any atom is 0.357 e. The maximum atomic E-state index is 11.5. The van der Waals surface area contributed by atoms with Crippen molar-refractivity contribution < 1.29 is 14.3 Å². The molecule has 1 aromatic heterocycles. The molecule has 0 unspecified atom stereocenters. The van der Waals surface area contributed by atoms with Gasteiger partial charge in [-0.1, -0.05) is 6.92 Å². The molecular formula is C12H17NO3S. The molecule has 1 fully saturated rings. The monoisotopic (exact) mass is 255 g/mol. The molecule has 94 valence electrons. The third-order valence-electron chi connectivity index (χ3n) is 3.10. The predicted molar refractivity (Wildman–Crippen MR) is 65.5 cm³/mol. The summed E-state index contributed by atoms with van der Waals surface area (Å²) in [7, 11) is 0. The van der Waals surface area contributed by atoms with Gasteiger partial charge in [0.05, 0.1) is 11.6 Å². The van der Waals surface area contributed by atoms with Gasteiger partial charge in [0.25, 0.3) is 0 Å². The van der Waals surface area contributed by atoms with Crippen molar-refractivity contribution in [3.8, 4) is 0 Å². The van der Waals surface area contributed by atoms with Crippen LogP contribution in [0, 0.1) is 0 Å². The fraction of sp³-hybridized carbons (Fsp3) is 0.667. The van der Waals surface area contributed by atoms with E-state index in [-0.39, 0.29) is 11.4 Å². The minimum atomic E-state index is -0.328. The number of nitrogens with zero attached hydrogens (tertiary/aromatic N) is 1. The van der Waals surface area contributed by atoms with E-state index in [1.165, 1.54) is 0 Å². The van der Waals surface area contributed by atoms with Crippen molar-refractivity contribution in [2.45, 2.75) is 32.1 Å². The molecule has 0 saturated carbocycles. The topological polar surface area (TPSA) is 48.4 Å². The van der Waals surface area contributed by atoms with E-state index in [1.807, 2.05) is 0 Å². The summed E-state index contributed by atoms with van der Waals surface area (Å²) in [4.78, 5) is 16.0. The molecule has 2 heterocycles. The van der Waals surface area contributed by atoms with Gasteiger partial charge in [0.2, 0.25) is 0 Å². The molecule has 0 aliphatic carbocycles. The first-order chi connectivity index (χ1) is 8.15. The minimum absolute atomic E-state index is 0.0493. The highest BCUT2D eigenvalue weighted by Crippen LogP contribution is 2.35. The van der Waals surface area contributed by atoms with Crippen LogP contribution in [0.2, 0.25) is 0 Å². The normalized spacial score (nSPS) is 18.9. The van der Waals surface area contributed by atoms with Crippen LogP contribution in [0.25, 0.3) is 0 Å². The zero-order valence-corrected chi connectivity index (χ0v) is 11.0. The number of rotatable bonds is 3. The molecule has 0 amide bonds. The molecule has 1 saturated heterocycles. The second-order valence-corrected chi connectivity index (χ2v) is 5.29. The second kappa shape index (κ2) is 5.14. The first-order valence-corrected chi connectivity index (χ1v) is 6.74. The highest BCUT2D eigenvalue weighted by atomic mass is 32.1. The highest BCUT2D eigenvalue weighted by molar-refractivity contribution is 7.10. The lowest BCUT2D eigenvalue weighted by molar-refractivity contribution is 0.0514. The summed E-state index contributed by atoms with van der Waals surface area (Å²) >= 11 is 1.54. The first-order valence-electron chi connectivity index (χ1n) is 5.86. The van der Waals surface area contributed by atoms with Crippen molar-refractivity contribution in [3.63, 3.8) is 0 Å². The van der Waals surface area contributed by atoms with E-state index in [2.05, 4.69) is 11.9 Å². The van der Waals surface area contributed by atoms with Crippen molar-refractivity contribution in [3.05, 3.63) is 16.1 Å². The lowest BCUT2D eigenvalue weighted by atomic mass is 9.83. The third-order valence-corrected chi connectivity index (χ3v) is 4.25. The number of thiazole rings is 1. The quantitative estimate of drug-likeness (QED) is 0.778. The van der Waals surface area contributed by atoms with Crippen LogP contribution in [0.4, 0.5) is 0 Å². The SMILES string of the molecule is CCOC(=O)c1csc(C2(C)CCOCC2)n1. The molecule has 5 heteroatoms. The molecule has 0 bridgehead atoms. The van der Waals surface area contributed by atoms with Gasteiger partial charge in [0.15, 0.2) is 5.69 Å². The molecule has 2 rings (SSSR count). The van der Waals surface area contributed by atoms with Crippen LogP contribution < -0.4 is 0 Å². The van der Waals surface area contributed by atoms with Gasteiger partial charge in [0.1, 0.15) is 0 Å². The molecule has 0 N–H and O–H groups in total. The van der Waals surface area contributed by atoms with Crippen LogP contribution >= 0.6 is 11.3 Å². The van der Waals surface area contributed by atoms with Gasteiger partial charge >= 0.3 is 5.97 Å². The summed E-state index contributed by atoms with van der Waals surface area (Å²) in [6, 6.07) is 0. The van der Waals surface area contributed by atoms with Gasteiger partial charge in [-0.2, -0.15) is 0 Å². The number of carbonyl (C=O) groups excluding carboxylic acids is 1. The third kappa shape index (κ3) is 2.66. The van der Waals surface area contributed by atoms with Crippen LogP contribution in [-0.2, 0) is 14.9 Å². The summed E-state index contributed by atoms with van der Waals surface area (Å²) in [6.45, 7) is 5.90. The van der Waals surface area contributed by atoms with E-state index >= 15 is 0 Å². The second-order valence-electron chi connectivity index (χ2n) is 4.43. The lowest BCUT2D eigenvalue weighted by Crippen LogP contribution is -2.30. The Bertz CT molecular complexity index is 396. The highest BCUT2D eigenvalue weighted by Gasteiger charge is 2.32. The van der Waals surface area contributed by atoms with E-state index in [0.29, 0.717) is 12.3 Å². The lowest BCUT2D eigenvalue weighted by Gasteiger charge is -2.31. The summed E-state index contributed by atoms with van der Waals surface area (Å²) in [6.07, 6.45) is 1.92. The van der Waals surface area contributed by atoms with Gasteiger partial charge < -0.3 is 9.47 Å². The van der Waals surface area contributed by atoms with Crippen molar-refractivity contribution in [1.29, 1.82) is 0 Å². The Labute approximate surface area is 105 Å². The average molecular weight is 255 g/mol. The smallest absolute Gasteiger partial charge is 0.357 e. The maximum absolute atomic E-state index is 11.5. The Hall–Kier alpha value is -0.940. The van der Waals surface area contributed by atoms with Crippen molar-refractivity contribution in [2.24, 2.45) is 0 Å². The van der Waals surface area contributed by atoms with Crippen LogP contribution in [-0.4, -0.2) is 30.8 Å². The van der Waals surface area contributed by atoms with E-state index < -0.39 is 0 Å². The fourth-order valence-electron chi connectivity index (χ4n) is 1.89. The Morgan fingerprint density at radius 2 is 2.29 bits per heavy atom. The standard InChI is InChI=1S/C12H17NO3S/c1-3-16-10(14)9-8-17-11(13-9)12(2)4-6-15-7-5-12/h8H,3-7H2,1-2H3. The number of hydrogen-bond donors (Lipinski definition) is 0. The molecule has 1 aliphatic rings. The largest absolute Gasteiger partial charge is 0.461 e. The van der Waals surface area contributed by atoms with E-state index in [9.17, 15) is 4.79 Å². The van der Waals surface area contributed by atoms with Crippen molar-refractivity contribution in [1.82, 2.24) is 4.98 Å². The molecule has 0 spiro atoms. The number of hydrogen-bond acceptors (Lipinski definition) is 5. The van der Waals surface area contributed by atoms with Crippen LogP contribution in [0.1, 0.15) is 42.2 Å². The average Bonchev–Trinajstić information content (AvgIpc) is 2.80. The Morgan fingerprint density at radius 1 is 1.59 bits per heavy atom. The summed E-state index contributed by atoms with van der Waals surface area (Å²) in [5.74, 6) is -0.328. The van der Waals surface area contributed by atoms with E-state index in [4.69, 9.17) is 9.47 Å². The van der Waals surface area contributed by atoms with Crippen LogP contribution in [0.5, 0.6) is 0 Å². The summed E-state index contributed by atoms with van der Waals surface area (Å²) in [5, 5.41) is 2.80. The van der Waals surface area contributed by atoms with Gasteiger partial charge in [-0.05, 0) is 19.8 Å². The molecule has 1 aromatic rings. The number of aromatic nitrogens is 1. The van der Waals surface area contributed by atoms with Gasteiger partial charge in [-0.25, -0.2) is 9.78 Å². The van der Waals surface area contributed by atoms with Crippen molar-refractivity contribution >= 4 is 17.3 Å². The first kappa shape index (κ1) is 12.5. The van der Waals surface area contributed by atoms with Gasteiger partial charge in [-0.3, -0.25) is 0 Å². The molecule has 0 aromatic carbocycles. The minimum Gasteiger partial charge on any atom is -0.461 e. The number of ether oxygens (including phenoxy) is 2. The fourth-order valence-corrected chi connectivity index (χ4v) is 2.90. The van der Waals surface area contributed by atoms with Crippen molar-refractivity contribution in [2.75, 3.05) is 19.8 Å². The van der Waals surface area contributed by atoms with E-state index in [0.717, 1.165) is 31.1 Å². The summed E-state index contributed by atoms with van der Waals surface area (Å²) < 4.78 is 10.3. The van der Waals surface area contributed by atoms with Gasteiger partial charge in [-0.15, -0.1) is 11.3 Å². The zero-order chi connectivity index (χ0) is 12.3. The van der Waals surface area contributed by atoms with Gasteiger partial charge in [0, 0.05) is 24.0 Å². The molecule has 0 atom stereocenters. The number of carbonyl (C=O) groups is 1. The summed E-state index contributed by atoms with van der Waals surface area (Å²) in [5.41, 5.74) is 0.479. The molecular weight excluding hydrogens is 238 g/mol. The molecule has 1 aliphatic heterocycles. The number of esters is 1. The Morgan fingerprint density at radius 3 is 2.94 bits per heavy atom. The van der Waals surface area contributed by atoms with E-state index in [1.54, 1.807) is 23.6 Å². The van der Waals surface area contributed by atoms with Crippen LogP contribution in [0.3, 0.4) is 0 Å². The molecule has 4 nitrogen and oxygen atoms in total. The predicted octanol–water partition coefficient (Wildman–Crippen LogP) is 2.39.